The molecule has 11 heteroatoms. The number of nitriles is 1. The standard InChI is InChI=1S/C25H22F2N6OS.C3H9N/c1-2-3-12-4-5-33(9-12)25-31-7-14-15-10-34-11-16(15)18(20(27)21(14)32-25)22-19-13(6-28)24(29)35-23(19)17(26)8-30-22;1-4(2)3/h7-8,12H,2-5,9-11,29H2,1H3;1-3H3/t12-;/m1./s1. The second-order valence-electron chi connectivity index (χ2n) is 10.4. The lowest BCUT2D eigenvalue weighted by molar-refractivity contribution is 0.135. The first kappa shape index (κ1) is 27.1. The fourth-order valence-corrected chi connectivity index (χ4v) is 6.27. The van der Waals surface area contributed by atoms with E-state index in [1.165, 1.54) is 0 Å². The van der Waals surface area contributed by atoms with Crippen molar-refractivity contribution in [3.8, 4) is 17.3 Å². The first-order valence-corrected chi connectivity index (χ1v) is 13.8. The van der Waals surface area contributed by atoms with Crippen molar-refractivity contribution >= 4 is 43.3 Å². The van der Waals surface area contributed by atoms with E-state index in [1.54, 1.807) is 6.20 Å². The fraction of sp³-hybridized carbons (Fsp3) is 0.429. The van der Waals surface area contributed by atoms with Crippen LogP contribution in [-0.4, -0.2) is 54.1 Å². The summed E-state index contributed by atoms with van der Waals surface area (Å²) in [6, 6.07) is 2.03. The SMILES string of the molecule is CCC[C@@H]1CCN(c2ncc3c4c(c(-c5ncc(F)c6sc(N)c(C#N)c56)c(F)c3n2)COC4)C1.CN(C)C. The second kappa shape index (κ2) is 11.0. The highest BCUT2D eigenvalue weighted by molar-refractivity contribution is 7.23. The molecule has 1 fully saturated rings. The molecule has 5 heterocycles. The summed E-state index contributed by atoms with van der Waals surface area (Å²) in [5, 5.41) is 10.7. The molecular weight excluding hydrogens is 520 g/mol. The van der Waals surface area contributed by atoms with E-state index in [4.69, 9.17) is 10.5 Å². The number of hydrogen-bond donors (Lipinski definition) is 1. The number of fused-ring (bicyclic) bond motifs is 4. The van der Waals surface area contributed by atoms with E-state index >= 15 is 4.39 Å². The van der Waals surface area contributed by atoms with Crippen molar-refractivity contribution in [1.29, 1.82) is 5.26 Å². The van der Waals surface area contributed by atoms with E-state index in [0.29, 0.717) is 22.8 Å². The maximum atomic E-state index is 16.3. The minimum atomic E-state index is -0.601. The van der Waals surface area contributed by atoms with E-state index in [0.717, 1.165) is 55.4 Å². The van der Waals surface area contributed by atoms with Crippen LogP contribution in [0.25, 0.3) is 32.2 Å². The highest BCUT2D eigenvalue weighted by Crippen LogP contribution is 2.45. The van der Waals surface area contributed by atoms with Gasteiger partial charge in [0.1, 0.15) is 16.6 Å². The zero-order valence-electron chi connectivity index (χ0n) is 22.5. The molecule has 3 aromatic heterocycles. The van der Waals surface area contributed by atoms with Gasteiger partial charge >= 0.3 is 0 Å². The summed E-state index contributed by atoms with van der Waals surface area (Å²) >= 11 is 0.959. The summed E-state index contributed by atoms with van der Waals surface area (Å²) in [5.74, 6) is -0.101. The molecule has 1 atom stereocenters. The van der Waals surface area contributed by atoms with Crippen molar-refractivity contribution in [3.63, 3.8) is 0 Å². The van der Waals surface area contributed by atoms with E-state index in [1.807, 2.05) is 32.1 Å². The second-order valence-corrected chi connectivity index (χ2v) is 11.5. The van der Waals surface area contributed by atoms with Gasteiger partial charge in [-0.1, -0.05) is 13.3 Å². The minimum Gasteiger partial charge on any atom is -0.389 e. The molecule has 0 bridgehead atoms. The summed E-state index contributed by atoms with van der Waals surface area (Å²) in [6.45, 7) is 4.31. The molecule has 6 rings (SSSR count). The van der Waals surface area contributed by atoms with Crippen molar-refractivity contribution < 1.29 is 13.5 Å². The number of nitrogens with two attached hydrogens (primary N) is 1. The topological polar surface area (TPSA) is 104 Å². The summed E-state index contributed by atoms with van der Waals surface area (Å²) in [5.41, 5.74) is 8.03. The number of rotatable bonds is 4. The van der Waals surface area contributed by atoms with Crippen molar-refractivity contribution in [1.82, 2.24) is 19.9 Å². The van der Waals surface area contributed by atoms with E-state index in [-0.39, 0.29) is 50.6 Å². The average molecular weight is 552 g/mol. The van der Waals surface area contributed by atoms with Crippen LogP contribution in [0.1, 0.15) is 42.9 Å². The first-order valence-electron chi connectivity index (χ1n) is 13.0. The largest absolute Gasteiger partial charge is 0.389 e. The first-order chi connectivity index (χ1) is 18.7. The Morgan fingerprint density at radius 3 is 2.67 bits per heavy atom. The molecule has 0 spiro atoms. The van der Waals surface area contributed by atoms with Gasteiger partial charge in [-0.2, -0.15) is 5.26 Å². The molecule has 1 aromatic carbocycles. The number of thiophene rings is 1. The van der Waals surface area contributed by atoms with Crippen LogP contribution in [0, 0.1) is 28.9 Å². The van der Waals surface area contributed by atoms with E-state index < -0.39 is 11.6 Å². The third-order valence-corrected chi connectivity index (χ3v) is 8.03. The highest BCUT2D eigenvalue weighted by Gasteiger charge is 2.31. The van der Waals surface area contributed by atoms with Crippen molar-refractivity contribution in [2.45, 2.75) is 39.4 Å². The Kier molecular flexibility index (Phi) is 7.62. The van der Waals surface area contributed by atoms with Crippen LogP contribution < -0.4 is 10.6 Å². The van der Waals surface area contributed by atoms with Crippen LogP contribution >= 0.6 is 11.3 Å². The number of aromatic nitrogens is 3. The molecule has 0 radical (unpaired) electrons. The smallest absolute Gasteiger partial charge is 0.225 e. The van der Waals surface area contributed by atoms with Crippen LogP contribution in [0.2, 0.25) is 0 Å². The zero-order chi connectivity index (χ0) is 27.8. The molecule has 204 valence electrons. The quantitative estimate of drug-likeness (QED) is 0.356. The van der Waals surface area contributed by atoms with Gasteiger partial charge in [0.25, 0.3) is 0 Å². The molecule has 39 heavy (non-hydrogen) atoms. The molecule has 2 aliphatic rings. The molecule has 8 nitrogen and oxygen atoms in total. The van der Waals surface area contributed by atoms with Gasteiger partial charge < -0.3 is 20.3 Å². The van der Waals surface area contributed by atoms with Crippen molar-refractivity contribution in [2.75, 3.05) is 44.9 Å². The van der Waals surface area contributed by atoms with Crippen LogP contribution in [0.4, 0.5) is 19.7 Å². The lowest BCUT2D eigenvalue weighted by Gasteiger charge is -2.18. The Morgan fingerprint density at radius 2 is 1.95 bits per heavy atom. The third kappa shape index (κ3) is 4.88. The van der Waals surface area contributed by atoms with E-state index in [9.17, 15) is 9.65 Å². The van der Waals surface area contributed by atoms with Crippen molar-refractivity contribution in [2.24, 2.45) is 5.92 Å². The Hall–Kier alpha value is -3.46. The zero-order valence-corrected chi connectivity index (χ0v) is 23.3. The molecule has 2 N–H and O–H groups in total. The molecule has 0 unspecified atom stereocenters. The van der Waals surface area contributed by atoms with Crippen LogP contribution in [-0.2, 0) is 18.0 Å². The number of ether oxygens (including phenoxy) is 1. The number of anilines is 2. The van der Waals surface area contributed by atoms with Gasteiger partial charge in [0, 0.05) is 35.6 Å². The minimum absolute atomic E-state index is 0.0987. The predicted octanol–water partition coefficient (Wildman–Crippen LogP) is 5.47. The maximum Gasteiger partial charge on any atom is 0.225 e. The maximum absolute atomic E-state index is 16.3. The van der Waals surface area contributed by atoms with Gasteiger partial charge in [-0.3, -0.25) is 4.98 Å². The fourth-order valence-electron chi connectivity index (χ4n) is 5.35. The van der Waals surface area contributed by atoms with Crippen LogP contribution in [0.3, 0.4) is 0 Å². The van der Waals surface area contributed by atoms with E-state index in [2.05, 4.69) is 26.8 Å². The lowest BCUT2D eigenvalue weighted by Crippen LogP contribution is -2.22. The summed E-state index contributed by atoms with van der Waals surface area (Å²) in [6.07, 6.45) is 6.05. The van der Waals surface area contributed by atoms with Gasteiger partial charge in [0.05, 0.1) is 35.4 Å². The predicted molar refractivity (Wildman–Crippen MR) is 151 cm³/mol. The highest BCUT2D eigenvalue weighted by atomic mass is 32.1. The summed E-state index contributed by atoms with van der Waals surface area (Å²) < 4.78 is 36.8. The number of hydrogen-bond acceptors (Lipinski definition) is 9. The Labute approximate surface area is 230 Å². The van der Waals surface area contributed by atoms with Gasteiger partial charge in [0.15, 0.2) is 11.6 Å². The van der Waals surface area contributed by atoms with Gasteiger partial charge in [0.2, 0.25) is 5.95 Å². The lowest BCUT2D eigenvalue weighted by atomic mass is 9.94. The number of nitrogen functional groups attached to an aromatic ring is 1. The van der Waals surface area contributed by atoms with Crippen molar-refractivity contribution in [3.05, 3.63) is 40.7 Å². The third-order valence-electron chi connectivity index (χ3n) is 7.00. The van der Waals surface area contributed by atoms with Gasteiger partial charge in [-0.15, -0.1) is 11.3 Å². The molecule has 4 aromatic rings. The molecular formula is C28H31F2N7OS. The number of nitrogens with zero attached hydrogens (tertiary/aromatic N) is 6. The number of halogens is 2. The molecule has 1 saturated heterocycles. The normalized spacial score (nSPS) is 16.6. The van der Waals surface area contributed by atoms with Gasteiger partial charge in [-0.25, -0.2) is 18.7 Å². The Balaban J connectivity index is 0.000000723. The van der Waals surface area contributed by atoms with Crippen LogP contribution in [0.15, 0.2) is 12.4 Å². The summed E-state index contributed by atoms with van der Waals surface area (Å²) in [4.78, 5) is 17.6. The molecule has 0 aliphatic carbocycles. The molecule has 0 amide bonds. The average Bonchev–Trinajstić information content (AvgIpc) is 3.64. The van der Waals surface area contributed by atoms with Gasteiger partial charge in [-0.05, 0) is 51.0 Å². The Morgan fingerprint density at radius 1 is 1.21 bits per heavy atom. The number of benzene rings is 1. The molecule has 2 aliphatic heterocycles. The number of pyridine rings is 1. The monoisotopic (exact) mass is 551 g/mol. The Bertz CT molecular complexity index is 1590. The van der Waals surface area contributed by atoms with Crippen LogP contribution in [0.5, 0.6) is 0 Å². The summed E-state index contributed by atoms with van der Waals surface area (Å²) in [7, 11) is 6.00. The molecule has 0 saturated carbocycles.